The van der Waals surface area contributed by atoms with Crippen LogP contribution in [0.3, 0.4) is 0 Å². The molecule has 1 aliphatic rings. The Morgan fingerprint density at radius 1 is 1.00 bits per heavy atom. The lowest BCUT2D eigenvalue weighted by Gasteiger charge is -2.28. The molecule has 0 saturated heterocycles. The number of sulfonamides is 1. The van der Waals surface area contributed by atoms with Gasteiger partial charge in [0, 0.05) is 12.0 Å². The average molecular weight is 437 g/mol. The lowest BCUT2D eigenvalue weighted by Crippen LogP contribution is -2.42. The Labute approximate surface area is 182 Å². The van der Waals surface area contributed by atoms with E-state index in [1.54, 1.807) is 54.6 Å². The van der Waals surface area contributed by atoms with Crippen LogP contribution < -0.4 is 14.4 Å². The van der Waals surface area contributed by atoms with E-state index < -0.39 is 10.0 Å². The standard InChI is InChI=1S/C24H24N2O4S/c1-18-11-13-20(14-12-18)31(28,29)26(19-7-3-2-4-8-19)17-24(27)25-22-15-16-30-23-10-6-5-9-21(22)23/h2-14,22H,15-17H2,1H3,(H,25,27). The van der Waals surface area contributed by atoms with Crippen LogP contribution in [0, 0.1) is 6.92 Å². The van der Waals surface area contributed by atoms with Crippen LogP contribution in [0.25, 0.3) is 0 Å². The first-order chi connectivity index (χ1) is 14.9. The summed E-state index contributed by atoms with van der Waals surface area (Å²) in [4.78, 5) is 13.1. The number of amides is 1. The summed E-state index contributed by atoms with van der Waals surface area (Å²) in [6.07, 6.45) is 0.624. The van der Waals surface area contributed by atoms with Crippen molar-refractivity contribution in [3.63, 3.8) is 0 Å². The van der Waals surface area contributed by atoms with Crippen molar-refractivity contribution in [2.75, 3.05) is 17.5 Å². The molecule has 1 N–H and O–H groups in total. The van der Waals surface area contributed by atoms with Gasteiger partial charge in [-0.1, -0.05) is 54.1 Å². The zero-order valence-electron chi connectivity index (χ0n) is 17.2. The summed E-state index contributed by atoms with van der Waals surface area (Å²) in [5, 5.41) is 2.98. The molecule has 160 valence electrons. The molecule has 3 aromatic carbocycles. The minimum atomic E-state index is -3.92. The van der Waals surface area contributed by atoms with Gasteiger partial charge in [0.15, 0.2) is 0 Å². The second-order valence-electron chi connectivity index (χ2n) is 7.46. The summed E-state index contributed by atoms with van der Waals surface area (Å²) in [5.41, 5.74) is 2.29. The molecule has 0 spiro atoms. The van der Waals surface area contributed by atoms with Gasteiger partial charge in [0.25, 0.3) is 10.0 Å². The van der Waals surface area contributed by atoms with Crippen molar-refractivity contribution in [3.8, 4) is 5.75 Å². The number of anilines is 1. The topological polar surface area (TPSA) is 75.7 Å². The first-order valence-electron chi connectivity index (χ1n) is 10.1. The number of carbonyl (C=O) groups is 1. The monoisotopic (exact) mass is 436 g/mol. The predicted molar refractivity (Wildman–Crippen MR) is 120 cm³/mol. The molecular weight excluding hydrogens is 412 g/mol. The number of nitrogens with zero attached hydrogens (tertiary/aromatic N) is 1. The number of ether oxygens (including phenoxy) is 1. The number of hydrogen-bond donors (Lipinski definition) is 1. The van der Waals surface area contributed by atoms with Crippen molar-refractivity contribution in [2.45, 2.75) is 24.3 Å². The molecule has 1 heterocycles. The van der Waals surface area contributed by atoms with E-state index in [9.17, 15) is 13.2 Å². The fraction of sp³-hybridized carbons (Fsp3) is 0.208. The number of aryl methyl sites for hydroxylation is 1. The summed E-state index contributed by atoms with van der Waals surface area (Å²) >= 11 is 0. The Balaban J connectivity index is 1.60. The summed E-state index contributed by atoms with van der Waals surface area (Å²) in [5.74, 6) is 0.368. The second-order valence-corrected chi connectivity index (χ2v) is 9.32. The summed E-state index contributed by atoms with van der Waals surface area (Å²) in [7, 11) is -3.92. The molecule has 4 rings (SSSR count). The highest BCUT2D eigenvalue weighted by atomic mass is 32.2. The number of benzene rings is 3. The van der Waals surface area contributed by atoms with Gasteiger partial charge in [-0.05, 0) is 37.3 Å². The zero-order chi connectivity index (χ0) is 21.8. The Morgan fingerprint density at radius 2 is 1.68 bits per heavy atom. The van der Waals surface area contributed by atoms with Gasteiger partial charge in [-0.2, -0.15) is 0 Å². The van der Waals surface area contributed by atoms with E-state index in [2.05, 4.69) is 5.32 Å². The SMILES string of the molecule is Cc1ccc(S(=O)(=O)N(CC(=O)NC2CCOc3ccccc32)c2ccccc2)cc1. The van der Waals surface area contributed by atoms with E-state index >= 15 is 0 Å². The van der Waals surface area contributed by atoms with Crippen LogP contribution in [-0.2, 0) is 14.8 Å². The smallest absolute Gasteiger partial charge is 0.264 e. The van der Waals surface area contributed by atoms with Crippen LogP contribution in [0.1, 0.15) is 23.6 Å². The molecule has 0 radical (unpaired) electrons. The number of hydrogen-bond acceptors (Lipinski definition) is 4. The highest BCUT2D eigenvalue weighted by molar-refractivity contribution is 7.92. The molecule has 1 aliphatic heterocycles. The highest BCUT2D eigenvalue weighted by Crippen LogP contribution is 2.31. The van der Waals surface area contributed by atoms with E-state index in [1.807, 2.05) is 31.2 Å². The van der Waals surface area contributed by atoms with Gasteiger partial charge in [-0.3, -0.25) is 9.10 Å². The van der Waals surface area contributed by atoms with Gasteiger partial charge < -0.3 is 10.1 Å². The molecule has 6 nitrogen and oxygen atoms in total. The number of carbonyl (C=O) groups excluding carboxylic acids is 1. The van der Waals surface area contributed by atoms with E-state index in [0.29, 0.717) is 18.7 Å². The molecule has 1 amide bonds. The largest absolute Gasteiger partial charge is 0.493 e. The molecule has 0 bridgehead atoms. The number of fused-ring (bicyclic) bond motifs is 1. The molecule has 7 heteroatoms. The van der Waals surface area contributed by atoms with Gasteiger partial charge in [0.2, 0.25) is 5.91 Å². The first kappa shape index (κ1) is 20.9. The Bertz CT molecular complexity index is 1160. The lowest BCUT2D eigenvalue weighted by atomic mass is 10.0. The van der Waals surface area contributed by atoms with Crippen molar-refractivity contribution in [2.24, 2.45) is 0 Å². The molecule has 1 atom stereocenters. The Hall–Kier alpha value is -3.32. The molecule has 0 aromatic heterocycles. The van der Waals surface area contributed by atoms with Crippen LogP contribution in [0.4, 0.5) is 5.69 Å². The Morgan fingerprint density at radius 3 is 2.42 bits per heavy atom. The average Bonchev–Trinajstić information content (AvgIpc) is 2.78. The van der Waals surface area contributed by atoms with Gasteiger partial charge in [-0.15, -0.1) is 0 Å². The fourth-order valence-electron chi connectivity index (χ4n) is 3.61. The van der Waals surface area contributed by atoms with Crippen LogP contribution in [-0.4, -0.2) is 27.5 Å². The van der Waals surface area contributed by atoms with Gasteiger partial charge >= 0.3 is 0 Å². The molecule has 0 saturated carbocycles. The minimum absolute atomic E-state index is 0.145. The first-order valence-corrected chi connectivity index (χ1v) is 11.5. The molecule has 0 aliphatic carbocycles. The van der Waals surface area contributed by atoms with E-state index in [-0.39, 0.29) is 23.4 Å². The summed E-state index contributed by atoms with van der Waals surface area (Å²) in [6.45, 7) is 2.07. The second kappa shape index (κ2) is 8.81. The number of rotatable bonds is 6. The highest BCUT2D eigenvalue weighted by Gasteiger charge is 2.29. The lowest BCUT2D eigenvalue weighted by molar-refractivity contribution is -0.120. The van der Waals surface area contributed by atoms with Crippen molar-refractivity contribution in [1.29, 1.82) is 0 Å². The third kappa shape index (κ3) is 4.56. The van der Waals surface area contributed by atoms with Crippen molar-refractivity contribution >= 4 is 21.6 Å². The van der Waals surface area contributed by atoms with Gasteiger partial charge in [-0.25, -0.2) is 8.42 Å². The third-order valence-corrected chi connectivity index (χ3v) is 7.02. The molecule has 0 fully saturated rings. The fourth-order valence-corrected chi connectivity index (χ4v) is 5.03. The zero-order valence-corrected chi connectivity index (χ0v) is 18.0. The quantitative estimate of drug-likeness (QED) is 0.637. The molecular formula is C24H24N2O4S. The molecule has 1 unspecified atom stereocenters. The van der Waals surface area contributed by atoms with E-state index in [4.69, 9.17) is 4.74 Å². The van der Waals surface area contributed by atoms with Crippen LogP contribution >= 0.6 is 0 Å². The van der Waals surface area contributed by atoms with Crippen molar-refractivity contribution in [3.05, 3.63) is 90.0 Å². The maximum Gasteiger partial charge on any atom is 0.264 e. The van der Waals surface area contributed by atoms with Crippen molar-refractivity contribution < 1.29 is 17.9 Å². The van der Waals surface area contributed by atoms with Crippen LogP contribution in [0.5, 0.6) is 5.75 Å². The number of para-hydroxylation sites is 2. The summed E-state index contributed by atoms with van der Waals surface area (Å²) < 4.78 is 33.6. The third-order valence-electron chi connectivity index (χ3n) is 5.23. The molecule has 3 aromatic rings. The van der Waals surface area contributed by atoms with Crippen LogP contribution in [0.15, 0.2) is 83.8 Å². The van der Waals surface area contributed by atoms with E-state index in [0.717, 1.165) is 21.2 Å². The molecule has 31 heavy (non-hydrogen) atoms. The van der Waals surface area contributed by atoms with E-state index in [1.165, 1.54) is 0 Å². The van der Waals surface area contributed by atoms with Crippen LogP contribution in [0.2, 0.25) is 0 Å². The van der Waals surface area contributed by atoms with Gasteiger partial charge in [0.1, 0.15) is 12.3 Å². The van der Waals surface area contributed by atoms with Gasteiger partial charge in [0.05, 0.1) is 23.2 Å². The maximum absolute atomic E-state index is 13.4. The predicted octanol–water partition coefficient (Wildman–Crippen LogP) is 3.83. The minimum Gasteiger partial charge on any atom is -0.493 e. The maximum atomic E-state index is 13.4. The summed E-state index contributed by atoms with van der Waals surface area (Å²) in [6, 6.07) is 22.6. The normalized spacial score (nSPS) is 15.5. The van der Waals surface area contributed by atoms with Crippen molar-refractivity contribution in [1.82, 2.24) is 5.32 Å². The number of nitrogens with one attached hydrogen (secondary N) is 1. The Kier molecular flexibility index (Phi) is 5.95.